The van der Waals surface area contributed by atoms with Crippen LogP contribution in [0.2, 0.25) is 5.02 Å². The van der Waals surface area contributed by atoms with Gasteiger partial charge in [-0.05, 0) is 37.6 Å². The van der Waals surface area contributed by atoms with Crippen LogP contribution in [0, 0.1) is 13.8 Å². The van der Waals surface area contributed by atoms with Gasteiger partial charge in [0.05, 0.1) is 9.92 Å². The lowest BCUT2D eigenvalue weighted by Gasteiger charge is -2.12. The first-order valence-corrected chi connectivity index (χ1v) is 8.91. The molecule has 1 amide bonds. The minimum atomic E-state index is -3.86. The highest BCUT2D eigenvalue weighted by Gasteiger charge is 2.17. The number of nitrogens with one attached hydrogen (secondary N) is 2. The molecule has 0 saturated carbocycles. The standard InChI is InChI=1S/C16H17ClN2O4S/c1-11-7-8-15(12(2)9-11)24(21,22)19-18-16(20)10-23-14-6-4-3-5-13(14)17/h3-9,19H,10H2,1-2H3,(H,18,20). The fraction of sp³-hybridized carbons (Fsp3) is 0.188. The summed E-state index contributed by atoms with van der Waals surface area (Å²) >= 11 is 5.90. The molecule has 0 atom stereocenters. The van der Waals surface area contributed by atoms with E-state index in [4.69, 9.17) is 16.3 Å². The summed E-state index contributed by atoms with van der Waals surface area (Å²) in [6.45, 7) is 3.17. The van der Waals surface area contributed by atoms with Gasteiger partial charge in [-0.25, -0.2) is 8.42 Å². The number of sulfonamides is 1. The number of rotatable bonds is 6. The van der Waals surface area contributed by atoms with Crippen molar-refractivity contribution in [3.63, 3.8) is 0 Å². The number of carbonyl (C=O) groups excluding carboxylic acids is 1. The molecule has 0 unspecified atom stereocenters. The number of hydrazine groups is 1. The molecule has 0 aromatic heterocycles. The van der Waals surface area contributed by atoms with Crippen molar-refractivity contribution in [2.24, 2.45) is 0 Å². The summed E-state index contributed by atoms with van der Waals surface area (Å²) in [5.41, 5.74) is 3.64. The monoisotopic (exact) mass is 368 g/mol. The van der Waals surface area contributed by atoms with Gasteiger partial charge in [0.1, 0.15) is 5.75 Å². The molecular weight excluding hydrogens is 352 g/mol. The van der Waals surface area contributed by atoms with Gasteiger partial charge in [0, 0.05) is 0 Å². The number of benzene rings is 2. The van der Waals surface area contributed by atoms with Crippen molar-refractivity contribution in [3.8, 4) is 5.75 Å². The third-order valence-corrected chi connectivity index (χ3v) is 4.86. The number of ether oxygens (including phenoxy) is 1. The molecule has 0 aliphatic heterocycles. The zero-order valence-electron chi connectivity index (χ0n) is 13.2. The minimum Gasteiger partial charge on any atom is -0.482 e. The van der Waals surface area contributed by atoms with Crippen LogP contribution < -0.4 is 15.0 Å². The number of carbonyl (C=O) groups is 1. The highest BCUT2D eigenvalue weighted by molar-refractivity contribution is 7.89. The van der Waals surface area contributed by atoms with Gasteiger partial charge >= 0.3 is 0 Å². The normalized spacial score (nSPS) is 11.1. The van der Waals surface area contributed by atoms with Gasteiger partial charge in [-0.15, -0.1) is 4.83 Å². The zero-order valence-corrected chi connectivity index (χ0v) is 14.7. The summed E-state index contributed by atoms with van der Waals surface area (Å²) in [5, 5.41) is 0.362. The Balaban J connectivity index is 1.94. The van der Waals surface area contributed by atoms with Crippen LogP contribution in [0.4, 0.5) is 0 Å². The third-order valence-electron chi connectivity index (χ3n) is 3.14. The van der Waals surface area contributed by atoms with Gasteiger partial charge in [0.2, 0.25) is 0 Å². The molecule has 128 valence electrons. The first-order chi connectivity index (χ1) is 11.3. The van der Waals surface area contributed by atoms with Gasteiger partial charge in [0.15, 0.2) is 6.61 Å². The lowest BCUT2D eigenvalue weighted by atomic mass is 10.2. The van der Waals surface area contributed by atoms with Crippen LogP contribution >= 0.6 is 11.6 Å². The van der Waals surface area contributed by atoms with Gasteiger partial charge in [0.25, 0.3) is 15.9 Å². The lowest BCUT2D eigenvalue weighted by molar-refractivity contribution is -0.123. The maximum atomic E-state index is 12.2. The molecule has 0 saturated heterocycles. The topological polar surface area (TPSA) is 84.5 Å². The Kier molecular flexibility index (Phi) is 5.82. The molecule has 0 radical (unpaired) electrons. The summed E-state index contributed by atoms with van der Waals surface area (Å²) < 4.78 is 29.6. The minimum absolute atomic E-state index is 0.0976. The van der Waals surface area contributed by atoms with Crippen molar-refractivity contribution in [3.05, 3.63) is 58.6 Å². The summed E-state index contributed by atoms with van der Waals surface area (Å²) in [7, 11) is -3.86. The molecule has 2 rings (SSSR count). The number of halogens is 1. The summed E-state index contributed by atoms with van der Waals surface area (Å²) in [6.07, 6.45) is 0. The van der Waals surface area contributed by atoms with Crippen LogP contribution in [-0.4, -0.2) is 20.9 Å². The highest BCUT2D eigenvalue weighted by atomic mass is 35.5. The second-order valence-electron chi connectivity index (χ2n) is 5.14. The van der Waals surface area contributed by atoms with E-state index in [9.17, 15) is 13.2 Å². The Labute approximate surface area is 145 Å². The fourth-order valence-electron chi connectivity index (χ4n) is 2.02. The van der Waals surface area contributed by atoms with E-state index in [1.165, 1.54) is 6.07 Å². The smallest absolute Gasteiger partial charge is 0.272 e. The van der Waals surface area contributed by atoms with Crippen molar-refractivity contribution >= 4 is 27.5 Å². The van der Waals surface area contributed by atoms with Crippen molar-refractivity contribution in [1.29, 1.82) is 0 Å². The second kappa shape index (κ2) is 7.65. The Morgan fingerprint density at radius 3 is 2.54 bits per heavy atom. The Hall–Kier alpha value is -2.09. The van der Waals surface area contributed by atoms with Crippen molar-refractivity contribution in [2.75, 3.05) is 6.61 Å². The number of hydrogen-bond acceptors (Lipinski definition) is 4. The molecule has 0 aliphatic rings. The van der Waals surface area contributed by atoms with E-state index >= 15 is 0 Å². The van der Waals surface area contributed by atoms with E-state index in [-0.39, 0.29) is 11.5 Å². The van der Waals surface area contributed by atoms with E-state index in [0.29, 0.717) is 16.3 Å². The highest BCUT2D eigenvalue weighted by Crippen LogP contribution is 2.22. The van der Waals surface area contributed by atoms with E-state index in [1.807, 2.05) is 11.8 Å². The molecule has 2 aromatic rings. The Morgan fingerprint density at radius 1 is 1.17 bits per heavy atom. The predicted octanol–water partition coefficient (Wildman–Crippen LogP) is 2.35. The lowest BCUT2D eigenvalue weighted by Crippen LogP contribution is -2.43. The van der Waals surface area contributed by atoms with Gasteiger partial charge in [-0.2, -0.15) is 0 Å². The maximum absolute atomic E-state index is 12.2. The first-order valence-electron chi connectivity index (χ1n) is 7.05. The van der Waals surface area contributed by atoms with Crippen LogP contribution in [-0.2, 0) is 14.8 Å². The third kappa shape index (κ3) is 4.70. The maximum Gasteiger partial charge on any atom is 0.272 e. The van der Waals surface area contributed by atoms with E-state index in [1.54, 1.807) is 43.3 Å². The zero-order chi connectivity index (χ0) is 17.7. The van der Waals surface area contributed by atoms with Gasteiger partial charge < -0.3 is 4.74 Å². The Bertz CT molecular complexity index is 853. The van der Waals surface area contributed by atoms with Crippen molar-refractivity contribution in [2.45, 2.75) is 18.7 Å². The van der Waals surface area contributed by atoms with Crippen molar-refractivity contribution < 1.29 is 17.9 Å². The van der Waals surface area contributed by atoms with Gasteiger partial charge in [-0.3, -0.25) is 10.2 Å². The van der Waals surface area contributed by atoms with Crippen LogP contribution in [0.15, 0.2) is 47.4 Å². The molecule has 0 spiro atoms. The van der Waals surface area contributed by atoms with E-state index in [0.717, 1.165) is 5.56 Å². The average Bonchev–Trinajstić information content (AvgIpc) is 2.52. The molecule has 0 fully saturated rings. The number of aryl methyl sites for hydroxylation is 2. The van der Waals surface area contributed by atoms with Crippen LogP contribution in [0.5, 0.6) is 5.75 Å². The molecule has 0 bridgehead atoms. The number of hydrogen-bond donors (Lipinski definition) is 2. The SMILES string of the molecule is Cc1ccc(S(=O)(=O)NNC(=O)COc2ccccc2Cl)c(C)c1. The van der Waals surface area contributed by atoms with Gasteiger partial charge in [-0.1, -0.05) is 41.4 Å². The van der Waals surface area contributed by atoms with E-state index in [2.05, 4.69) is 5.43 Å². The molecule has 0 aliphatic carbocycles. The summed E-state index contributed by atoms with van der Waals surface area (Å²) in [6, 6.07) is 11.6. The summed E-state index contributed by atoms with van der Waals surface area (Å²) in [4.78, 5) is 13.9. The van der Waals surface area contributed by atoms with Crippen LogP contribution in [0.1, 0.15) is 11.1 Å². The second-order valence-corrected chi connectivity index (χ2v) is 7.20. The molecule has 8 heteroatoms. The average molecular weight is 369 g/mol. The van der Waals surface area contributed by atoms with E-state index < -0.39 is 15.9 Å². The predicted molar refractivity (Wildman–Crippen MR) is 91.3 cm³/mol. The fourth-order valence-corrected chi connectivity index (χ4v) is 3.30. The van der Waals surface area contributed by atoms with Crippen LogP contribution in [0.3, 0.4) is 0 Å². The number of para-hydroxylation sites is 1. The molecule has 6 nitrogen and oxygen atoms in total. The molecule has 0 heterocycles. The molecule has 24 heavy (non-hydrogen) atoms. The molecule has 2 N–H and O–H groups in total. The first kappa shape index (κ1) is 18.3. The van der Waals surface area contributed by atoms with Crippen molar-refractivity contribution in [1.82, 2.24) is 10.3 Å². The number of amides is 1. The largest absolute Gasteiger partial charge is 0.482 e. The molecule has 2 aromatic carbocycles. The molecular formula is C16H17ClN2O4S. The summed E-state index contributed by atoms with van der Waals surface area (Å²) in [5.74, 6) is -0.310. The quantitative estimate of drug-likeness (QED) is 0.766. The Morgan fingerprint density at radius 2 is 1.88 bits per heavy atom. The van der Waals surface area contributed by atoms with Crippen LogP contribution in [0.25, 0.3) is 0 Å².